The first-order valence-corrected chi connectivity index (χ1v) is 6.65. The van der Waals surface area contributed by atoms with Gasteiger partial charge in [-0.3, -0.25) is 9.59 Å². The van der Waals surface area contributed by atoms with Crippen LogP contribution in [0.15, 0.2) is 36.4 Å². The van der Waals surface area contributed by atoms with E-state index in [4.69, 9.17) is 23.2 Å². The van der Waals surface area contributed by atoms with E-state index in [2.05, 4.69) is 5.32 Å². The molecule has 2 aromatic carbocycles. The molecule has 0 aliphatic heterocycles. The van der Waals surface area contributed by atoms with Gasteiger partial charge in [0.25, 0.3) is 0 Å². The van der Waals surface area contributed by atoms with Gasteiger partial charge in [0.05, 0.1) is 15.7 Å². The lowest BCUT2D eigenvalue weighted by Crippen LogP contribution is -2.29. The van der Waals surface area contributed by atoms with Crippen molar-refractivity contribution in [2.45, 2.75) is 0 Å². The number of anilines is 2. The van der Waals surface area contributed by atoms with Crippen molar-refractivity contribution in [2.24, 2.45) is 0 Å². The Bertz CT molecular complexity index is 754. The van der Waals surface area contributed by atoms with E-state index in [9.17, 15) is 18.4 Å². The Hall–Kier alpha value is -2.18. The summed E-state index contributed by atoms with van der Waals surface area (Å²) in [6, 6.07) is 6.70. The van der Waals surface area contributed by atoms with Crippen molar-refractivity contribution in [2.75, 3.05) is 10.6 Å². The van der Waals surface area contributed by atoms with Crippen molar-refractivity contribution < 1.29 is 18.4 Å². The van der Waals surface area contributed by atoms with Gasteiger partial charge < -0.3 is 10.6 Å². The molecule has 0 saturated carbocycles. The van der Waals surface area contributed by atoms with Gasteiger partial charge in [0, 0.05) is 11.8 Å². The number of benzene rings is 2. The summed E-state index contributed by atoms with van der Waals surface area (Å²) in [6.45, 7) is 0. The molecule has 0 aliphatic carbocycles. The number of amides is 2. The topological polar surface area (TPSA) is 58.2 Å². The fourth-order valence-electron chi connectivity index (χ4n) is 1.53. The van der Waals surface area contributed by atoms with Crippen LogP contribution in [0, 0.1) is 11.6 Å². The Kier molecular flexibility index (Phi) is 4.95. The fraction of sp³-hybridized carbons (Fsp3) is 0. The van der Waals surface area contributed by atoms with E-state index in [1.165, 1.54) is 18.2 Å². The summed E-state index contributed by atoms with van der Waals surface area (Å²) >= 11 is 11.5. The Morgan fingerprint density at radius 3 is 2.23 bits per heavy atom. The molecule has 22 heavy (non-hydrogen) atoms. The summed E-state index contributed by atoms with van der Waals surface area (Å²) in [5, 5.41) is 4.70. The lowest BCUT2D eigenvalue weighted by atomic mass is 10.3. The van der Waals surface area contributed by atoms with Crippen LogP contribution in [0.25, 0.3) is 0 Å². The molecule has 2 rings (SSSR count). The minimum absolute atomic E-state index is 0.191. The molecule has 0 atom stereocenters. The van der Waals surface area contributed by atoms with Gasteiger partial charge in [-0.05, 0) is 30.3 Å². The zero-order valence-corrected chi connectivity index (χ0v) is 12.3. The molecule has 4 nitrogen and oxygen atoms in total. The summed E-state index contributed by atoms with van der Waals surface area (Å²) in [5.41, 5.74) is -0.205. The number of hydrogen-bond donors (Lipinski definition) is 2. The second-order valence-corrected chi connectivity index (χ2v) is 4.98. The maximum Gasteiger partial charge on any atom is 0.314 e. The number of rotatable bonds is 2. The monoisotopic (exact) mass is 344 g/mol. The highest BCUT2D eigenvalue weighted by molar-refractivity contribution is 6.44. The van der Waals surface area contributed by atoms with Crippen molar-refractivity contribution in [3.8, 4) is 0 Å². The van der Waals surface area contributed by atoms with Crippen LogP contribution in [0.3, 0.4) is 0 Å². The van der Waals surface area contributed by atoms with Gasteiger partial charge in [0.1, 0.15) is 11.6 Å². The highest BCUT2D eigenvalue weighted by Gasteiger charge is 2.16. The van der Waals surface area contributed by atoms with Gasteiger partial charge in [0.2, 0.25) is 0 Å². The van der Waals surface area contributed by atoms with E-state index in [0.717, 1.165) is 18.2 Å². The summed E-state index contributed by atoms with van der Waals surface area (Å²) in [5.74, 6) is -3.84. The van der Waals surface area contributed by atoms with Gasteiger partial charge in [-0.25, -0.2) is 8.78 Å². The maximum atomic E-state index is 13.4. The molecule has 0 fully saturated rings. The molecule has 114 valence electrons. The molecular formula is C14H8Cl2F2N2O2. The first-order chi connectivity index (χ1) is 10.4. The third-order valence-corrected chi connectivity index (χ3v) is 3.30. The fourth-order valence-corrected chi connectivity index (χ4v) is 1.83. The van der Waals surface area contributed by atoms with E-state index in [1.807, 2.05) is 5.32 Å². The lowest BCUT2D eigenvalue weighted by molar-refractivity contribution is -0.133. The average Bonchev–Trinajstić information content (AvgIpc) is 2.46. The van der Waals surface area contributed by atoms with Crippen LogP contribution < -0.4 is 10.6 Å². The predicted molar refractivity (Wildman–Crippen MR) is 80.1 cm³/mol. The summed E-state index contributed by atoms with van der Waals surface area (Å²) in [4.78, 5) is 23.4. The predicted octanol–water partition coefficient (Wildman–Crippen LogP) is 3.85. The lowest BCUT2D eigenvalue weighted by Gasteiger charge is -2.08. The SMILES string of the molecule is O=C(Nc1ccc(Cl)c(Cl)c1)C(=O)Nc1cc(F)ccc1F. The third kappa shape index (κ3) is 3.93. The van der Waals surface area contributed by atoms with E-state index >= 15 is 0 Å². The van der Waals surface area contributed by atoms with Crippen molar-refractivity contribution >= 4 is 46.4 Å². The molecule has 2 aromatic rings. The molecule has 0 spiro atoms. The molecule has 8 heteroatoms. The van der Waals surface area contributed by atoms with Crippen molar-refractivity contribution in [1.82, 2.24) is 0 Å². The summed E-state index contributed by atoms with van der Waals surface area (Å²) in [7, 11) is 0. The maximum absolute atomic E-state index is 13.4. The molecule has 0 radical (unpaired) electrons. The number of carbonyl (C=O) groups excluding carboxylic acids is 2. The Labute approximate surface area is 134 Å². The van der Waals surface area contributed by atoms with E-state index in [1.54, 1.807) is 0 Å². The third-order valence-electron chi connectivity index (χ3n) is 2.56. The smallest absolute Gasteiger partial charge is 0.314 e. The Morgan fingerprint density at radius 2 is 1.55 bits per heavy atom. The van der Waals surface area contributed by atoms with E-state index in [-0.39, 0.29) is 15.7 Å². The van der Waals surface area contributed by atoms with Crippen LogP contribution in [0.5, 0.6) is 0 Å². The standard InChI is InChI=1S/C14H8Cl2F2N2O2/c15-9-3-2-8(6-10(9)16)19-13(21)14(22)20-12-5-7(17)1-4-11(12)18/h1-6H,(H,19,21)(H,20,22). The quantitative estimate of drug-likeness (QED) is 0.813. The largest absolute Gasteiger partial charge is 0.318 e. The van der Waals surface area contributed by atoms with Crippen LogP contribution in [0.1, 0.15) is 0 Å². The van der Waals surface area contributed by atoms with Crippen molar-refractivity contribution in [3.63, 3.8) is 0 Å². The molecule has 0 heterocycles. The zero-order valence-electron chi connectivity index (χ0n) is 10.8. The minimum Gasteiger partial charge on any atom is -0.318 e. The van der Waals surface area contributed by atoms with Gasteiger partial charge in [-0.1, -0.05) is 23.2 Å². The van der Waals surface area contributed by atoms with Crippen LogP contribution in [0.4, 0.5) is 20.2 Å². The number of nitrogens with one attached hydrogen (secondary N) is 2. The first-order valence-electron chi connectivity index (χ1n) is 5.89. The molecule has 2 N–H and O–H groups in total. The highest BCUT2D eigenvalue weighted by Crippen LogP contribution is 2.25. The van der Waals surface area contributed by atoms with E-state index in [0.29, 0.717) is 0 Å². The second-order valence-electron chi connectivity index (χ2n) is 4.16. The normalized spacial score (nSPS) is 10.2. The van der Waals surface area contributed by atoms with Gasteiger partial charge in [-0.2, -0.15) is 0 Å². The Balaban J connectivity index is 2.07. The molecule has 0 aromatic heterocycles. The second kappa shape index (κ2) is 6.72. The molecule has 0 aliphatic rings. The minimum atomic E-state index is -1.16. The van der Waals surface area contributed by atoms with Crippen molar-refractivity contribution in [3.05, 3.63) is 58.1 Å². The van der Waals surface area contributed by atoms with Crippen LogP contribution >= 0.6 is 23.2 Å². The average molecular weight is 345 g/mol. The van der Waals surface area contributed by atoms with Crippen molar-refractivity contribution in [1.29, 1.82) is 0 Å². The molecule has 2 amide bonds. The summed E-state index contributed by atoms with van der Waals surface area (Å²) in [6.07, 6.45) is 0. The molecular weight excluding hydrogens is 337 g/mol. The number of carbonyl (C=O) groups is 2. The molecule has 0 bridgehead atoms. The highest BCUT2D eigenvalue weighted by atomic mass is 35.5. The zero-order chi connectivity index (χ0) is 16.3. The summed E-state index contributed by atoms with van der Waals surface area (Å²) < 4.78 is 26.4. The molecule has 0 saturated heterocycles. The number of hydrogen-bond acceptors (Lipinski definition) is 2. The van der Waals surface area contributed by atoms with Crippen LogP contribution in [0.2, 0.25) is 10.0 Å². The van der Waals surface area contributed by atoms with Gasteiger partial charge in [0.15, 0.2) is 0 Å². The van der Waals surface area contributed by atoms with Gasteiger partial charge >= 0.3 is 11.8 Å². The molecule has 0 unspecified atom stereocenters. The van der Waals surface area contributed by atoms with Gasteiger partial charge in [-0.15, -0.1) is 0 Å². The number of halogens is 4. The van der Waals surface area contributed by atoms with Crippen LogP contribution in [-0.4, -0.2) is 11.8 Å². The Morgan fingerprint density at radius 1 is 0.864 bits per heavy atom. The van der Waals surface area contributed by atoms with Crippen LogP contribution in [-0.2, 0) is 9.59 Å². The van der Waals surface area contributed by atoms with E-state index < -0.39 is 29.1 Å². The first kappa shape index (κ1) is 16.2.